The van der Waals surface area contributed by atoms with Crippen LogP contribution in [0.15, 0.2) is 22.7 Å². The molecular formula is C13H12BrN3S. The lowest BCUT2D eigenvalue weighted by molar-refractivity contribution is 0.925. The van der Waals surface area contributed by atoms with Gasteiger partial charge in [-0.3, -0.25) is 0 Å². The zero-order valence-electron chi connectivity index (χ0n) is 10.1. The molecule has 2 N–H and O–H groups in total. The van der Waals surface area contributed by atoms with Crippen molar-refractivity contribution in [2.24, 2.45) is 0 Å². The molecule has 5 heteroatoms. The van der Waals surface area contributed by atoms with Gasteiger partial charge in [-0.05, 0) is 40.5 Å². The Bertz CT molecular complexity index is 628. The standard InChI is InChI=1S/C13H12BrN3S/c1-7(12-8(2)17-13(16)18-12)9-3-4-10(6-15)11(14)5-9/h3-5,7H,1-2H3,(H2,16,17). The van der Waals surface area contributed by atoms with Crippen molar-refractivity contribution in [3.8, 4) is 6.07 Å². The highest BCUT2D eigenvalue weighted by Gasteiger charge is 2.16. The first kappa shape index (κ1) is 13.1. The first-order chi connectivity index (χ1) is 8.52. The van der Waals surface area contributed by atoms with Crippen LogP contribution in [0.5, 0.6) is 0 Å². The molecule has 1 aromatic heterocycles. The molecule has 1 heterocycles. The summed E-state index contributed by atoms with van der Waals surface area (Å²) in [5.74, 6) is 0.226. The predicted octanol–water partition coefficient (Wildman–Crippen LogP) is 3.82. The van der Waals surface area contributed by atoms with Crippen LogP contribution < -0.4 is 5.73 Å². The molecule has 0 amide bonds. The summed E-state index contributed by atoms with van der Waals surface area (Å²) in [4.78, 5) is 5.42. The summed E-state index contributed by atoms with van der Waals surface area (Å²) in [6, 6.07) is 7.93. The highest BCUT2D eigenvalue weighted by molar-refractivity contribution is 9.10. The number of hydrogen-bond acceptors (Lipinski definition) is 4. The van der Waals surface area contributed by atoms with E-state index in [1.54, 1.807) is 0 Å². The molecule has 0 saturated carbocycles. The van der Waals surface area contributed by atoms with E-state index in [0.717, 1.165) is 15.7 Å². The Balaban J connectivity index is 2.41. The number of rotatable bonds is 2. The van der Waals surface area contributed by atoms with Crippen LogP contribution in [0, 0.1) is 18.3 Å². The van der Waals surface area contributed by atoms with Crippen LogP contribution in [-0.2, 0) is 0 Å². The molecular weight excluding hydrogens is 310 g/mol. The van der Waals surface area contributed by atoms with Gasteiger partial charge in [-0.15, -0.1) is 11.3 Å². The van der Waals surface area contributed by atoms with Crippen molar-refractivity contribution in [1.82, 2.24) is 4.98 Å². The van der Waals surface area contributed by atoms with Gasteiger partial charge in [-0.25, -0.2) is 4.98 Å². The minimum absolute atomic E-state index is 0.226. The summed E-state index contributed by atoms with van der Waals surface area (Å²) in [5.41, 5.74) is 8.49. The first-order valence-corrected chi connectivity index (χ1v) is 7.06. The second-order valence-corrected chi connectivity index (χ2v) is 5.99. The number of aromatic nitrogens is 1. The largest absolute Gasteiger partial charge is 0.375 e. The average Bonchev–Trinajstić information content (AvgIpc) is 2.67. The van der Waals surface area contributed by atoms with Gasteiger partial charge in [-0.1, -0.05) is 13.0 Å². The fourth-order valence-corrected chi connectivity index (χ4v) is 3.27. The molecule has 92 valence electrons. The Morgan fingerprint density at radius 1 is 1.50 bits per heavy atom. The topological polar surface area (TPSA) is 62.7 Å². The number of aryl methyl sites for hydroxylation is 1. The maximum absolute atomic E-state index is 8.91. The van der Waals surface area contributed by atoms with E-state index >= 15 is 0 Å². The average molecular weight is 322 g/mol. The zero-order chi connectivity index (χ0) is 13.3. The summed E-state index contributed by atoms with van der Waals surface area (Å²) in [6.07, 6.45) is 0. The molecule has 2 rings (SSSR count). The molecule has 0 bridgehead atoms. The van der Waals surface area contributed by atoms with Crippen LogP contribution >= 0.6 is 27.3 Å². The lowest BCUT2D eigenvalue weighted by Crippen LogP contribution is -1.96. The molecule has 2 aromatic rings. The van der Waals surface area contributed by atoms with E-state index in [4.69, 9.17) is 11.0 Å². The van der Waals surface area contributed by atoms with Crippen molar-refractivity contribution in [3.05, 3.63) is 44.4 Å². The van der Waals surface area contributed by atoms with Gasteiger partial charge in [0.1, 0.15) is 6.07 Å². The minimum Gasteiger partial charge on any atom is -0.375 e. The molecule has 1 atom stereocenters. The van der Waals surface area contributed by atoms with Crippen LogP contribution in [0.25, 0.3) is 0 Å². The normalized spacial score (nSPS) is 12.1. The third kappa shape index (κ3) is 2.40. The molecule has 18 heavy (non-hydrogen) atoms. The molecule has 0 radical (unpaired) electrons. The lowest BCUT2D eigenvalue weighted by Gasteiger charge is -2.11. The smallest absolute Gasteiger partial charge is 0.180 e. The maximum atomic E-state index is 8.91. The van der Waals surface area contributed by atoms with Gasteiger partial charge in [-0.2, -0.15) is 5.26 Å². The Kier molecular flexibility index (Phi) is 3.69. The van der Waals surface area contributed by atoms with Gasteiger partial charge in [0.05, 0.1) is 11.3 Å². The van der Waals surface area contributed by atoms with Crippen LogP contribution in [0.1, 0.15) is 34.5 Å². The number of nitriles is 1. The highest BCUT2D eigenvalue weighted by atomic mass is 79.9. The van der Waals surface area contributed by atoms with Crippen molar-refractivity contribution in [1.29, 1.82) is 5.26 Å². The monoisotopic (exact) mass is 321 g/mol. The van der Waals surface area contributed by atoms with Crippen LogP contribution in [-0.4, -0.2) is 4.98 Å². The van der Waals surface area contributed by atoms with E-state index < -0.39 is 0 Å². The summed E-state index contributed by atoms with van der Waals surface area (Å²) in [5, 5.41) is 9.51. The first-order valence-electron chi connectivity index (χ1n) is 5.45. The number of nitrogens with zero attached hydrogens (tertiary/aromatic N) is 2. The van der Waals surface area contributed by atoms with Gasteiger partial charge >= 0.3 is 0 Å². The third-order valence-electron chi connectivity index (χ3n) is 2.86. The van der Waals surface area contributed by atoms with E-state index in [-0.39, 0.29) is 5.92 Å². The number of benzene rings is 1. The number of halogens is 1. The number of nitrogens with two attached hydrogens (primary N) is 1. The van der Waals surface area contributed by atoms with Gasteiger partial charge in [0.25, 0.3) is 0 Å². The SMILES string of the molecule is Cc1nc(N)sc1C(C)c1ccc(C#N)c(Br)c1. The molecule has 1 aromatic carbocycles. The van der Waals surface area contributed by atoms with Gasteiger partial charge in [0.2, 0.25) is 0 Å². The number of nitrogen functional groups attached to an aromatic ring is 1. The van der Waals surface area contributed by atoms with Crippen molar-refractivity contribution < 1.29 is 0 Å². The number of thiazole rings is 1. The van der Waals surface area contributed by atoms with E-state index in [1.807, 2.05) is 25.1 Å². The van der Waals surface area contributed by atoms with Crippen molar-refractivity contribution in [2.45, 2.75) is 19.8 Å². The van der Waals surface area contributed by atoms with Crippen LogP contribution in [0.3, 0.4) is 0 Å². The lowest BCUT2D eigenvalue weighted by atomic mass is 9.97. The Labute approximate surface area is 118 Å². The van der Waals surface area contributed by atoms with Crippen molar-refractivity contribution in [3.63, 3.8) is 0 Å². The van der Waals surface area contributed by atoms with E-state index in [1.165, 1.54) is 16.2 Å². The van der Waals surface area contributed by atoms with E-state index in [2.05, 4.69) is 33.9 Å². The quantitative estimate of drug-likeness (QED) is 0.914. The molecule has 0 aliphatic heterocycles. The molecule has 0 fully saturated rings. The highest BCUT2D eigenvalue weighted by Crippen LogP contribution is 2.34. The Morgan fingerprint density at radius 2 is 2.22 bits per heavy atom. The Hall–Kier alpha value is -1.38. The summed E-state index contributed by atoms with van der Waals surface area (Å²) >= 11 is 4.93. The minimum atomic E-state index is 0.226. The predicted molar refractivity (Wildman–Crippen MR) is 77.6 cm³/mol. The summed E-state index contributed by atoms with van der Waals surface area (Å²) < 4.78 is 0.824. The van der Waals surface area contributed by atoms with Gasteiger partial charge < -0.3 is 5.73 Å². The van der Waals surface area contributed by atoms with Crippen molar-refractivity contribution in [2.75, 3.05) is 5.73 Å². The van der Waals surface area contributed by atoms with Crippen LogP contribution in [0.4, 0.5) is 5.13 Å². The van der Waals surface area contributed by atoms with Crippen LogP contribution in [0.2, 0.25) is 0 Å². The molecule has 0 aliphatic rings. The molecule has 0 spiro atoms. The van der Waals surface area contributed by atoms with Gasteiger partial charge in [0.15, 0.2) is 5.13 Å². The molecule has 0 saturated heterocycles. The summed E-state index contributed by atoms with van der Waals surface area (Å²) in [6.45, 7) is 4.09. The second kappa shape index (κ2) is 5.09. The number of hydrogen-bond donors (Lipinski definition) is 1. The number of anilines is 1. The second-order valence-electron chi connectivity index (χ2n) is 4.07. The van der Waals surface area contributed by atoms with Gasteiger partial charge in [0, 0.05) is 15.3 Å². The molecule has 1 unspecified atom stereocenters. The summed E-state index contributed by atoms with van der Waals surface area (Å²) in [7, 11) is 0. The fraction of sp³-hybridized carbons (Fsp3) is 0.231. The van der Waals surface area contributed by atoms with E-state index in [9.17, 15) is 0 Å². The zero-order valence-corrected chi connectivity index (χ0v) is 12.5. The maximum Gasteiger partial charge on any atom is 0.180 e. The van der Waals surface area contributed by atoms with Crippen molar-refractivity contribution >= 4 is 32.4 Å². The third-order valence-corrected chi connectivity index (χ3v) is 4.68. The molecule has 3 nitrogen and oxygen atoms in total. The Morgan fingerprint density at radius 3 is 2.72 bits per heavy atom. The molecule has 0 aliphatic carbocycles. The fourth-order valence-electron chi connectivity index (χ4n) is 1.87. The van der Waals surface area contributed by atoms with E-state index in [0.29, 0.717) is 10.7 Å².